The van der Waals surface area contributed by atoms with E-state index < -0.39 is 24.4 Å². The molecule has 0 aliphatic heterocycles. The predicted molar refractivity (Wildman–Crippen MR) is 117 cm³/mol. The average molecular weight is 478 g/mol. The van der Waals surface area contributed by atoms with Gasteiger partial charge in [0.05, 0.1) is 0 Å². The molecular formula is C24H23AgBO3. The molecule has 4 rings (SSSR count). The minimum absolute atomic E-state index is 1.42. The summed E-state index contributed by atoms with van der Waals surface area (Å²) in [5, 5.41) is 21.5. The Morgan fingerprint density at radius 2 is 0.552 bits per heavy atom. The second kappa shape index (κ2) is 10.4. The van der Waals surface area contributed by atoms with Crippen molar-refractivity contribution in [2.24, 2.45) is 0 Å². The fourth-order valence-electron chi connectivity index (χ4n) is 2.81. The third kappa shape index (κ3) is 4.95. The Bertz CT molecular complexity index is 815. The molecule has 0 aliphatic carbocycles. The second-order valence-electron chi connectivity index (χ2n) is 5.80. The van der Waals surface area contributed by atoms with Gasteiger partial charge < -0.3 is 15.1 Å². The van der Waals surface area contributed by atoms with Crippen molar-refractivity contribution in [3.63, 3.8) is 0 Å². The first-order valence-electron chi connectivity index (χ1n) is 9.02. The molecule has 0 spiro atoms. The van der Waals surface area contributed by atoms with Crippen LogP contribution in [0.1, 0.15) is 0 Å². The van der Waals surface area contributed by atoms with Crippen LogP contribution < -0.4 is 15.1 Å². The Kier molecular flexibility index (Phi) is 7.61. The van der Waals surface area contributed by atoms with Crippen molar-refractivity contribution in [3.8, 4) is 0 Å². The van der Waals surface area contributed by atoms with Gasteiger partial charge in [0.15, 0.2) is 0 Å². The van der Waals surface area contributed by atoms with Crippen LogP contribution in [0.2, 0.25) is 0 Å². The van der Waals surface area contributed by atoms with Crippen molar-refractivity contribution in [2.45, 2.75) is 0 Å². The monoisotopic (exact) mass is 477 g/mol. The molecule has 0 saturated carbocycles. The van der Waals surface area contributed by atoms with E-state index in [0.717, 1.165) is 0 Å². The van der Waals surface area contributed by atoms with Gasteiger partial charge in [0.1, 0.15) is 0 Å². The Hall–Kier alpha value is -2.43. The zero-order valence-electron chi connectivity index (χ0n) is 15.8. The van der Waals surface area contributed by atoms with E-state index in [1.54, 1.807) is 0 Å². The van der Waals surface area contributed by atoms with Crippen molar-refractivity contribution in [2.75, 3.05) is 0 Å². The first-order valence-corrected chi connectivity index (χ1v) is 12.0. The quantitative estimate of drug-likeness (QED) is 0.389. The van der Waals surface area contributed by atoms with Crippen LogP contribution in [0.3, 0.4) is 0 Å². The molecule has 5 heteroatoms. The summed E-state index contributed by atoms with van der Waals surface area (Å²) in [6, 6.07) is 44.0. The summed E-state index contributed by atoms with van der Waals surface area (Å²) in [5.41, 5.74) is 0. The predicted octanol–water partition coefficient (Wildman–Crippen LogP) is 1.39. The molecule has 0 saturated heterocycles. The van der Waals surface area contributed by atoms with Gasteiger partial charge in [0.25, 0.3) is 0 Å². The third-order valence-corrected chi connectivity index (χ3v) is 11.0. The molecule has 0 aromatic heterocycles. The normalized spacial score (nSPS) is 11.1. The molecule has 4 aromatic rings. The average Bonchev–Trinajstić information content (AvgIpc) is 2.77. The molecule has 0 heterocycles. The maximum absolute atomic E-state index is 7.17. The van der Waals surface area contributed by atoms with Gasteiger partial charge in [-0.15, -0.1) is 0 Å². The van der Waals surface area contributed by atoms with Crippen LogP contribution in [0.25, 0.3) is 0 Å². The van der Waals surface area contributed by atoms with Crippen LogP contribution in [0.5, 0.6) is 0 Å². The van der Waals surface area contributed by atoms with Gasteiger partial charge in [-0.25, -0.2) is 0 Å². The third-order valence-electron chi connectivity index (χ3n) is 3.87. The van der Waals surface area contributed by atoms with E-state index in [9.17, 15) is 0 Å². The van der Waals surface area contributed by atoms with E-state index in [1.165, 1.54) is 15.1 Å². The summed E-state index contributed by atoms with van der Waals surface area (Å²) >= 11 is -2.32. The molecule has 0 amide bonds. The molecule has 0 radical (unpaired) electrons. The molecule has 0 aliphatic rings. The number of hydrogen-bond acceptors (Lipinski definition) is 3. The molecule has 0 bridgehead atoms. The summed E-state index contributed by atoms with van der Waals surface area (Å²) in [6.07, 6.45) is 0. The first-order chi connectivity index (χ1) is 14.2. The van der Waals surface area contributed by atoms with E-state index in [4.69, 9.17) is 15.1 Å². The SMILES string of the molecule is OB(O)O.c1cc[c]([Ag]([c]2ccccc2)([c]2ccccc2)[c]2ccccc2)cc1. The maximum atomic E-state index is 7.17. The topological polar surface area (TPSA) is 60.7 Å². The molecule has 3 N–H and O–H groups in total. The van der Waals surface area contributed by atoms with Gasteiger partial charge in [0, 0.05) is 0 Å². The van der Waals surface area contributed by atoms with Crippen molar-refractivity contribution >= 4 is 22.4 Å². The van der Waals surface area contributed by atoms with Crippen LogP contribution in [-0.4, -0.2) is 22.4 Å². The minimum atomic E-state index is -2.32. The summed E-state index contributed by atoms with van der Waals surface area (Å²) in [5.74, 6) is 0. The Morgan fingerprint density at radius 3 is 0.724 bits per heavy atom. The molecule has 0 fully saturated rings. The Morgan fingerprint density at radius 1 is 0.379 bits per heavy atom. The van der Waals surface area contributed by atoms with Crippen LogP contribution in [0.4, 0.5) is 0 Å². The summed E-state index contributed by atoms with van der Waals surface area (Å²) in [4.78, 5) is 0. The molecule has 0 atom stereocenters. The zero-order valence-corrected chi connectivity index (χ0v) is 17.2. The van der Waals surface area contributed by atoms with E-state index >= 15 is 0 Å². The molecule has 151 valence electrons. The Labute approximate surface area is 175 Å². The van der Waals surface area contributed by atoms with Crippen molar-refractivity contribution in [1.82, 2.24) is 0 Å². The number of benzene rings is 4. The zero-order chi connectivity index (χ0) is 20.5. The molecule has 4 aromatic carbocycles. The van der Waals surface area contributed by atoms with Gasteiger partial charge in [-0.2, -0.15) is 0 Å². The van der Waals surface area contributed by atoms with E-state index in [1.807, 2.05) is 0 Å². The number of rotatable bonds is 4. The van der Waals surface area contributed by atoms with Crippen LogP contribution >= 0.6 is 0 Å². The molecular weight excluding hydrogens is 455 g/mol. The fraction of sp³-hybridized carbons (Fsp3) is 0. The summed E-state index contributed by atoms with van der Waals surface area (Å²) < 4.78 is 5.67. The van der Waals surface area contributed by atoms with E-state index in [2.05, 4.69) is 121 Å². The fourth-order valence-corrected chi connectivity index (χ4v) is 9.88. The summed E-state index contributed by atoms with van der Waals surface area (Å²) in [6.45, 7) is 0. The van der Waals surface area contributed by atoms with Gasteiger partial charge in [-0.1, -0.05) is 0 Å². The molecule has 29 heavy (non-hydrogen) atoms. The molecule has 3 nitrogen and oxygen atoms in total. The van der Waals surface area contributed by atoms with Crippen LogP contribution in [-0.2, 0) is 17.1 Å². The van der Waals surface area contributed by atoms with Gasteiger partial charge >= 0.3 is 161 Å². The number of hydrogen-bond donors (Lipinski definition) is 3. The van der Waals surface area contributed by atoms with Gasteiger partial charge in [-0.3, -0.25) is 0 Å². The van der Waals surface area contributed by atoms with E-state index in [0.29, 0.717) is 0 Å². The van der Waals surface area contributed by atoms with Crippen molar-refractivity contribution in [1.29, 1.82) is 0 Å². The standard InChI is InChI=1S/4C6H5.Ag.BH3O3/c4*1-2-4-6-5-3-1;;2-1(3)4/h4*1-5H;;2-4H. The van der Waals surface area contributed by atoms with Crippen molar-refractivity contribution in [3.05, 3.63) is 121 Å². The van der Waals surface area contributed by atoms with Crippen molar-refractivity contribution < 1.29 is 32.2 Å². The Balaban J connectivity index is 0.000000552. The van der Waals surface area contributed by atoms with Crippen LogP contribution in [0, 0.1) is 0 Å². The molecule has 0 unspecified atom stereocenters. The van der Waals surface area contributed by atoms with Gasteiger partial charge in [0.2, 0.25) is 0 Å². The summed E-state index contributed by atoms with van der Waals surface area (Å²) in [7, 11) is -2.17. The second-order valence-corrected chi connectivity index (χ2v) is 11.5. The first kappa shape index (κ1) is 21.3. The van der Waals surface area contributed by atoms with Crippen LogP contribution in [0.15, 0.2) is 121 Å². The van der Waals surface area contributed by atoms with E-state index in [-0.39, 0.29) is 0 Å². The van der Waals surface area contributed by atoms with Gasteiger partial charge in [-0.05, 0) is 0 Å².